The fraction of sp³-hybridized carbons (Fsp3) is 0.600. The molecule has 94 valence electrons. The van der Waals surface area contributed by atoms with Crippen molar-refractivity contribution in [2.45, 2.75) is 24.4 Å². The van der Waals surface area contributed by atoms with Gasteiger partial charge in [0, 0.05) is 12.2 Å². The zero-order chi connectivity index (χ0) is 12.4. The zero-order valence-corrected chi connectivity index (χ0v) is 8.81. The van der Waals surface area contributed by atoms with Crippen molar-refractivity contribution in [3.63, 3.8) is 0 Å². The van der Waals surface area contributed by atoms with E-state index in [4.69, 9.17) is 19.3 Å². The normalized spacial score (nSPS) is 36.1. The number of ether oxygens (including phenoxy) is 3. The van der Waals surface area contributed by atoms with Gasteiger partial charge in [-0.2, -0.15) is 0 Å². The molecule has 0 aliphatic carbocycles. The van der Waals surface area contributed by atoms with Gasteiger partial charge in [-0.15, -0.1) is 0 Å². The molecule has 2 saturated heterocycles. The van der Waals surface area contributed by atoms with Crippen molar-refractivity contribution in [2.75, 3.05) is 13.2 Å². The SMILES string of the molecule is O=C(O)/C=C/C(=O)O[C@H]1CO[C@H]2[C@@H]1OC[C@@H]2O. The van der Waals surface area contributed by atoms with Crippen LogP contribution in [0.4, 0.5) is 0 Å². The molecule has 0 aromatic carbocycles. The van der Waals surface area contributed by atoms with Gasteiger partial charge in [-0.25, -0.2) is 9.59 Å². The molecule has 4 atom stereocenters. The number of carbonyl (C=O) groups excluding carboxylic acids is 1. The lowest BCUT2D eigenvalue weighted by Crippen LogP contribution is -2.33. The van der Waals surface area contributed by atoms with Crippen molar-refractivity contribution in [2.24, 2.45) is 0 Å². The monoisotopic (exact) mass is 244 g/mol. The highest BCUT2D eigenvalue weighted by atomic mass is 16.6. The van der Waals surface area contributed by atoms with Crippen molar-refractivity contribution in [3.8, 4) is 0 Å². The Balaban J connectivity index is 1.88. The fourth-order valence-electron chi connectivity index (χ4n) is 1.87. The third-order valence-corrected chi connectivity index (χ3v) is 2.61. The second-order valence-electron chi connectivity index (χ2n) is 3.81. The van der Waals surface area contributed by atoms with E-state index in [1.165, 1.54) is 0 Å². The van der Waals surface area contributed by atoms with Crippen LogP contribution in [0.3, 0.4) is 0 Å². The summed E-state index contributed by atoms with van der Waals surface area (Å²) in [6, 6.07) is 0. The first-order valence-electron chi connectivity index (χ1n) is 5.11. The van der Waals surface area contributed by atoms with Crippen LogP contribution >= 0.6 is 0 Å². The number of esters is 1. The molecule has 0 aromatic rings. The maximum absolute atomic E-state index is 11.2. The van der Waals surface area contributed by atoms with Crippen LogP contribution in [0.2, 0.25) is 0 Å². The van der Waals surface area contributed by atoms with Gasteiger partial charge < -0.3 is 24.4 Å². The third kappa shape index (κ3) is 2.63. The van der Waals surface area contributed by atoms with Crippen LogP contribution in [0.25, 0.3) is 0 Å². The van der Waals surface area contributed by atoms with Crippen LogP contribution in [0.15, 0.2) is 12.2 Å². The van der Waals surface area contributed by atoms with Crippen molar-refractivity contribution < 1.29 is 34.0 Å². The Kier molecular flexibility index (Phi) is 3.41. The molecule has 2 fully saturated rings. The summed E-state index contributed by atoms with van der Waals surface area (Å²) in [4.78, 5) is 21.4. The largest absolute Gasteiger partial charge is 0.478 e. The molecule has 2 aliphatic heterocycles. The Morgan fingerprint density at radius 2 is 1.88 bits per heavy atom. The number of hydrogen-bond donors (Lipinski definition) is 2. The summed E-state index contributed by atoms with van der Waals surface area (Å²) in [6.07, 6.45) is -0.758. The minimum atomic E-state index is -1.23. The molecule has 2 aliphatic rings. The molecule has 0 saturated carbocycles. The van der Waals surface area contributed by atoms with E-state index in [2.05, 4.69) is 0 Å². The van der Waals surface area contributed by atoms with E-state index in [0.717, 1.165) is 6.08 Å². The van der Waals surface area contributed by atoms with Gasteiger partial charge >= 0.3 is 11.9 Å². The molecule has 7 heteroatoms. The third-order valence-electron chi connectivity index (χ3n) is 2.61. The van der Waals surface area contributed by atoms with Gasteiger partial charge in [0.15, 0.2) is 6.10 Å². The Morgan fingerprint density at radius 3 is 2.59 bits per heavy atom. The Labute approximate surface area is 96.6 Å². The van der Waals surface area contributed by atoms with Crippen molar-refractivity contribution in [1.29, 1.82) is 0 Å². The number of hydrogen-bond acceptors (Lipinski definition) is 6. The van der Waals surface area contributed by atoms with E-state index in [1.807, 2.05) is 0 Å². The molecule has 0 radical (unpaired) electrons. The molecule has 0 aromatic heterocycles. The van der Waals surface area contributed by atoms with Crippen LogP contribution in [-0.2, 0) is 23.8 Å². The summed E-state index contributed by atoms with van der Waals surface area (Å²) >= 11 is 0. The standard InChI is InChI=1S/C10H12O7/c11-5-3-15-10-6(4-16-9(5)10)17-8(14)2-1-7(12)13/h1-2,5-6,9-11H,3-4H2,(H,12,13)/b2-1+/t5-,6-,9+,10+/m0/s1. The second-order valence-corrected chi connectivity index (χ2v) is 3.81. The van der Waals surface area contributed by atoms with Crippen LogP contribution < -0.4 is 0 Å². The highest BCUT2D eigenvalue weighted by molar-refractivity contribution is 5.90. The second kappa shape index (κ2) is 4.82. The summed E-state index contributed by atoms with van der Waals surface area (Å²) in [5, 5.41) is 17.8. The zero-order valence-electron chi connectivity index (χ0n) is 8.81. The van der Waals surface area contributed by atoms with E-state index >= 15 is 0 Å². The number of carboxylic acid groups (broad SMARTS) is 1. The first-order chi connectivity index (χ1) is 8.08. The highest BCUT2D eigenvalue weighted by Gasteiger charge is 2.48. The predicted molar refractivity (Wildman–Crippen MR) is 52.1 cm³/mol. The quantitative estimate of drug-likeness (QED) is 0.469. The van der Waals surface area contributed by atoms with Crippen LogP contribution in [0.5, 0.6) is 0 Å². The minimum absolute atomic E-state index is 0.138. The van der Waals surface area contributed by atoms with E-state index in [-0.39, 0.29) is 13.2 Å². The van der Waals surface area contributed by atoms with Gasteiger partial charge in [0.25, 0.3) is 0 Å². The first-order valence-corrected chi connectivity index (χ1v) is 5.11. The molecular formula is C10H12O7. The maximum atomic E-state index is 11.2. The number of carboxylic acids is 1. The number of aliphatic carboxylic acids is 1. The minimum Gasteiger partial charge on any atom is -0.478 e. The number of aliphatic hydroxyl groups excluding tert-OH is 1. The molecule has 2 N–H and O–H groups in total. The van der Waals surface area contributed by atoms with Crippen LogP contribution in [-0.4, -0.2) is 59.8 Å². The summed E-state index contributed by atoms with van der Waals surface area (Å²) < 4.78 is 15.4. The molecule has 0 spiro atoms. The molecule has 0 bridgehead atoms. The fourth-order valence-corrected chi connectivity index (χ4v) is 1.87. The van der Waals surface area contributed by atoms with Crippen molar-refractivity contribution in [3.05, 3.63) is 12.2 Å². The van der Waals surface area contributed by atoms with Crippen molar-refractivity contribution in [1.82, 2.24) is 0 Å². The van der Waals surface area contributed by atoms with Gasteiger partial charge in [-0.3, -0.25) is 0 Å². The van der Waals surface area contributed by atoms with Gasteiger partial charge in [0.05, 0.1) is 13.2 Å². The maximum Gasteiger partial charge on any atom is 0.331 e. The summed E-state index contributed by atoms with van der Waals surface area (Å²) in [6.45, 7) is 0.285. The Bertz CT molecular complexity index is 351. The number of rotatable bonds is 3. The van der Waals surface area contributed by atoms with E-state index in [1.54, 1.807) is 0 Å². The Hall–Kier alpha value is -1.44. The average Bonchev–Trinajstić information content (AvgIpc) is 2.81. The van der Waals surface area contributed by atoms with E-state index in [0.29, 0.717) is 6.08 Å². The summed E-state index contributed by atoms with van der Waals surface area (Å²) in [5.74, 6) is -2.00. The first kappa shape index (κ1) is 12.0. The Morgan fingerprint density at radius 1 is 1.18 bits per heavy atom. The van der Waals surface area contributed by atoms with Crippen LogP contribution in [0.1, 0.15) is 0 Å². The lowest BCUT2D eigenvalue weighted by atomic mass is 10.1. The summed E-state index contributed by atoms with van der Waals surface area (Å²) in [5.41, 5.74) is 0. The van der Waals surface area contributed by atoms with E-state index in [9.17, 15) is 14.7 Å². The predicted octanol–water partition coefficient (Wildman–Crippen LogP) is -1.30. The van der Waals surface area contributed by atoms with Crippen molar-refractivity contribution >= 4 is 11.9 Å². The van der Waals surface area contributed by atoms with E-state index < -0.39 is 36.4 Å². The lowest BCUT2D eigenvalue weighted by molar-refractivity contribution is -0.148. The lowest BCUT2D eigenvalue weighted by Gasteiger charge is -2.15. The molecular weight excluding hydrogens is 232 g/mol. The molecule has 0 unspecified atom stereocenters. The molecule has 2 rings (SSSR count). The van der Waals surface area contributed by atoms with Crippen LogP contribution in [0, 0.1) is 0 Å². The topological polar surface area (TPSA) is 102 Å². The van der Waals surface area contributed by atoms with Gasteiger partial charge in [-0.05, 0) is 0 Å². The average molecular weight is 244 g/mol. The smallest absolute Gasteiger partial charge is 0.331 e. The van der Waals surface area contributed by atoms with Gasteiger partial charge in [-0.1, -0.05) is 0 Å². The molecule has 17 heavy (non-hydrogen) atoms. The molecule has 2 heterocycles. The number of carbonyl (C=O) groups is 2. The molecule has 0 amide bonds. The number of aliphatic hydroxyl groups is 1. The van der Waals surface area contributed by atoms with Gasteiger partial charge in [0.1, 0.15) is 18.3 Å². The highest BCUT2D eigenvalue weighted by Crippen LogP contribution is 2.28. The number of fused-ring (bicyclic) bond motifs is 1. The molecule has 7 nitrogen and oxygen atoms in total. The summed E-state index contributed by atoms with van der Waals surface area (Å²) in [7, 11) is 0. The van der Waals surface area contributed by atoms with Gasteiger partial charge in [0.2, 0.25) is 0 Å².